The van der Waals surface area contributed by atoms with E-state index in [1.807, 2.05) is 7.05 Å². The molecule has 1 aromatic heterocycles. The molecule has 9 heteroatoms. The summed E-state index contributed by atoms with van der Waals surface area (Å²) in [4.78, 5) is 14.1. The molecule has 25 heavy (non-hydrogen) atoms. The van der Waals surface area contributed by atoms with Gasteiger partial charge in [0.2, 0.25) is 0 Å². The van der Waals surface area contributed by atoms with E-state index in [4.69, 9.17) is 0 Å². The highest BCUT2D eigenvalue weighted by molar-refractivity contribution is 5.92. The zero-order valence-corrected chi connectivity index (χ0v) is 13.6. The highest BCUT2D eigenvalue weighted by atomic mass is 19.4. The van der Waals surface area contributed by atoms with Gasteiger partial charge in [-0.05, 0) is 38.1 Å². The van der Waals surface area contributed by atoms with Crippen molar-refractivity contribution in [2.24, 2.45) is 5.92 Å². The Labute approximate surface area is 142 Å². The second-order valence-electron chi connectivity index (χ2n) is 6.03. The lowest BCUT2D eigenvalue weighted by atomic mass is 10.1. The van der Waals surface area contributed by atoms with Crippen molar-refractivity contribution in [2.75, 3.05) is 26.7 Å². The number of alkyl halides is 3. The van der Waals surface area contributed by atoms with E-state index in [1.165, 1.54) is 24.4 Å². The number of hydrogen-bond acceptors (Lipinski definition) is 4. The summed E-state index contributed by atoms with van der Waals surface area (Å²) in [6.07, 6.45) is -2.38. The molecule has 1 aromatic carbocycles. The van der Waals surface area contributed by atoms with Crippen molar-refractivity contribution in [1.29, 1.82) is 0 Å². The first-order chi connectivity index (χ1) is 11.9. The highest BCUT2D eigenvalue weighted by Gasteiger charge is 2.34. The van der Waals surface area contributed by atoms with Gasteiger partial charge in [-0.15, -0.1) is 5.10 Å². The van der Waals surface area contributed by atoms with Crippen LogP contribution in [0.1, 0.15) is 22.5 Å². The molecule has 0 radical (unpaired) electrons. The molecule has 1 amide bonds. The predicted molar refractivity (Wildman–Crippen MR) is 84.3 cm³/mol. The Morgan fingerprint density at radius 2 is 2.12 bits per heavy atom. The number of carbonyl (C=O) groups excluding carboxylic acids is 1. The van der Waals surface area contributed by atoms with Gasteiger partial charge in [-0.25, -0.2) is 4.68 Å². The second kappa shape index (κ2) is 6.83. The number of para-hydroxylation sites is 1. The van der Waals surface area contributed by atoms with E-state index in [0.29, 0.717) is 19.0 Å². The summed E-state index contributed by atoms with van der Waals surface area (Å²) in [6, 6.07) is 5.06. The van der Waals surface area contributed by atoms with Crippen LogP contribution in [-0.4, -0.2) is 52.5 Å². The number of nitrogens with one attached hydrogen (secondary N) is 1. The molecule has 0 bridgehead atoms. The van der Waals surface area contributed by atoms with Crippen LogP contribution in [-0.2, 0) is 6.18 Å². The molecule has 0 saturated carbocycles. The van der Waals surface area contributed by atoms with Gasteiger partial charge in [0, 0.05) is 13.1 Å². The number of carbonyl (C=O) groups is 1. The second-order valence-corrected chi connectivity index (χ2v) is 6.03. The summed E-state index contributed by atoms with van der Waals surface area (Å²) in [5, 5.41) is 10.6. The lowest BCUT2D eigenvalue weighted by molar-refractivity contribution is -0.137. The van der Waals surface area contributed by atoms with E-state index in [1.54, 1.807) is 4.90 Å². The molecule has 6 nitrogen and oxygen atoms in total. The molecular formula is C16H18F3N5O. The molecule has 1 fully saturated rings. The smallest absolute Gasteiger partial charge is 0.337 e. The maximum absolute atomic E-state index is 13.1. The van der Waals surface area contributed by atoms with Gasteiger partial charge >= 0.3 is 6.18 Å². The summed E-state index contributed by atoms with van der Waals surface area (Å²) in [6.45, 7) is 2.03. The quantitative estimate of drug-likeness (QED) is 0.913. The van der Waals surface area contributed by atoms with Gasteiger partial charge in [-0.2, -0.15) is 13.2 Å². The van der Waals surface area contributed by atoms with Crippen LogP contribution < -0.4 is 5.32 Å². The molecule has 134 valence electrons. The molecule has 1 N–H and O–H groups in total. The first kappa shape index (κ1) is 17.4. The fourth-order valence-electron chi connectivity index (χ4n) is 3.03. The Bertz CT molecular complexity index is 758. The molecule has 0 aliphatic carbocycles. The van der Waals surface area contributed by atoms with Crippen LogP contribution in [0.25, 0.3) is 5.69 Å². The Kier molecular flexibility index (Phi) is 4.76. The van der Waals surface area contributed by atoms with Crippen LogP contribution >= 0.6 is 0 Å². The zero-order chi connectivity index (χ0) is 18.0. The summed E-state index contributed by atoms with van der Waals surface area (Å²) in [5.41, 5.74) is -0.938. The van der Waals surface area contributed by atoms with Gasteiger partial charge in [0.25, 0.3) is 5.91 Å². The fourth-order valence-corrected chi connectivity index (χ4v) is 3.03. The monoisotopic (exact) mass is 353 g/mol. The van der Waals surface area contributed by atoms with Crippen LogP contribution in [0.5, 0.6) is 0 Å². The van der Waals surface area contributed by atoms with Crippen LogP contribution in [0.2, 0.25) is 0 Å². The minimum atomic E-state index is -4.51. The number of halogens is 3. The van der Waals surface area contributed by atoms with Crippen LogP contribution in [0, 0.1) is 5.92 Å². The van der Waals surface area contributed by atoms with Crippen LogP contribution in [0.15, 0.2) is 30.5 Å². The van der Waals surface area contributed by atoms with Gasteiger partial charge in [-0.3, -0.25) is 4.79 Å². The Morgan fingerprint density at radius 3 is 2.84 bits per heavy atom. The number of likely N-dealkylation sites (tertiary alicyclic amines) is 1. The first-order valence-corrected chi connectivity index (χ1v) is 7.93. The summed E-state index contributed by atoms with van der Waals surface area (Å²) in [5.74, 6) is 0.0595. The topological polar surface area (TPSA) is 63.1 Å². The van der Waals surface area contributed by atoms with Crippen molar-refractivity contribution in [3.8, 4) is 5.69 Å². The van der Waals surface area contributed by atoms with Gasteiger partial charge < -0.3 is 10.2 Å². The Hall–Kier alpha value is -2.42. The molecule has 1 saturated heterocycles. The third-order valence-electron chi connectivity index (χ3n) is 4.23. The molecular weight excluding hydrogens is 335 g/mol. The maximum Gasteiger partial charge on any atom is 0.418 e. The average Bonchev–Trinajstić information content (AvgIpc) is 3.23. The van der Waals surface area contributed by atoms with Crippen molar-refractivity contribution in [3.63, 3.8) is 0 Å². The van der Waals surface area contributed by atoms with Crippen molar-refractivity contribution in [1.82, 2.24) is 25.2 Å². The number of benzene rings is 1. The molecule has 1 aliphatic heterocycles. The van der Waals surface area contributed by atoms with Gasteiger partial charge in [-0.1, -0.05) is 17.3 Å². The van der Waals surface area contributed by atoms with Crippen molar-refractivity contribution < 1.29 is 18.0 Å². The molecule has 3 rings (SSSR count). The summed E-state index contributed by atoms with van der Waals surface area (Å²) in [7, 11) is 1.86. The van der Waals surface area contributed by atoms with Crippen molar-refractivity contribution in [2.45, 2.75) is 12.6 Å². The molecule has 1 unspecified atom stereocenters. The van der Waals surface area contributed by atoms with Gasteiger partial charge in [0.15, 0.2) is 5.69 Å². The molecule has 1 aliphatic rings. The normalized spacial score (nSPS) is 17.9. The van der Waals surface area contributed by atoms with Gasteiger partial charge in [0.1, 0.15) is 0 Å². The molecule has 2 heterocycles. The lowest BCUT2D eigenvalue weighted by Crippen LogP contribution is -2.30. The molecule has 2 aromatic rings. The largest absolute Gasteiger partial charge is 0.418 e. The number of nitrogens with zero attached hydrogens (tertiary/aromatic N) is 4. The highest BCUT2D eigenvalue weighted by Crippen LogP contribution is 2.33. The van der Waals surface area contributed by atoms with Gasteiger partial charge in [0.05, 0.1) is 17.4 Å². The lowest BCUT2D eigenvalue weighted by Gasteiger charge is -2.14. The SMILES string of the molecule is CNCC1CCN(C(=O)c2cn(-c3ccccc3C(F)(F)F)nn2)C1. The maximum atomic E-state index is 13.1. The van der Waals surface area contributed by atoms with E-state index in [0.717, 1.165) is 23.7 Å². The average molecular weight is 353 g/mol. The fraction of sp³-hybridized carbons (Fsp3) is 0.438. The standard InChI is InChI=1S/C16H18F3N5O/c1-20-8-11-6-7-23(9-11)15(25)13-10-24(22-21-13)14-5-3-2-4-12(14)16(17,18)19/h2-5,10-11,20H,6-9H2,1H3. The molecule has 1 atom stereocenters. The minimum absolute atomic E-state index is 0.0436. The summed E-state index contributed by atoms with van der Waals surface area (Å²) < 4.78 is 40.4. The van der Waals surface area contributed by atoms with Crippen LogP contribution in [0.4, 0.5) is 13.2 Å². The van der Waals surface area contributed by atoms with Crippen LogP contribution in [0.3, 0.4) is 0 Å². The third kappa shape index (κ3) is 3.65. The number of hydrogen-bond donors (Lipinski definition) is 1. The Morgan fingerprint density at radius 1 is 1.36 bits per heavy atom. The van der Waals surface area contributed by atoms with Crippen molar-refractivity contribution in [3.05, 3.63) is 41.7 Å². The minimum Gasteiger partial charge on any atom is -0.337 e. The predicted octanol–water partition coefficient (Wildman–Crippen LogP) is 1.97. The number of aromatic nitrogens is 3. The zero-order valence-electron chi connectivity index (χ0n) is 13.6. The first-order valence-electron chi connectivity index (χ1n) is 7.93. The van der Waals surface area contributed by atoms with E-state index in [2.05, 4.69) is 15.6 Å². The molecule has 0 spiro atoms. The van der Waals surface area contributed by atoms with E-state index >= 15 is 0 Å². The third-order valence-corrected chi connectivity index (χ3v) is 4.23. The van der Waals surface area contributed by atoms with E-state index < -0.39 is 11.7 Å². The van der Waals surface area contributed by atoms with E-state index in [-0.39, 0.29) is 17.3 Å². The Balaban J connectivity index is 1.81. The van der Waals surface area contributed by atoms with Crippen molar-refractivity contribution >= 4 is 5.91 Å². The summed E-state index contributed by atoms with van der Waals surface area (Å²) >= 11 is 0. The number of rotatable bonds is 4. The number of amides is 1. The van der Waals surface area contributed by atoms with E-state index in [9.17, 15) is 18.0 Å².